The second-order valence-electron chi connectivity index (χ2n) is 4.59. The number of aliphatic hydroxyl groups is 1. The van der Waals surface area contributed by atoms with Crippen LogP contribution in [-0.2, 0) is 0 Å². The van der Waals surface area contributed by atoms with Crippen molar-refractivity contribution in [2.75, 3.05) is 0 Å². The Bertz CT molecular complexity index is 796. The van der Waals surface area contributed by atoms with Crippen LogP contribution in [0.4, 0.5) is 0 Å². The Balaban J connectivity index is 2.08. The first-order valence-electron chi connectivity index (χ1n) is 6.35. The molecule has 0 saturated heterocycles. The molecule has 0 spiro atoms. The van der Waals surface area contributed by atoms with Crippen LogP contribution in [0, 0.1) is 18.3 Å². The standard InChI is InChI=1S/C17H11N3O/c1-11-4-2-3-5-14(11)16-15(17(21)20-19-16)13-8-6-12(10-18)7-9-13/h2-9,21H,1H2. The highest BCUT2D eigenvalue weighted by Crippen LogP contribution is 2.28. The third kappa shape index (κ3) is 2.26. The minimum atomic E-state index is -0.127. The van der Waals surface area contributed by atoms with Gasteiger partial charge >= 0.3 is 0 Å². The molecule has 0 bridgehead atoms. The molecule has 1 heterocycles. The summed E-state index contributed by atoms with van der Waals surface area (Å²) in [5.74, 6) is -0.127. The lowest BCUT2D eigenvalue weighted by atomic mass is 9.94. The Morgan fingerprint density at radius 1 is 1.05 bits per heavy atom. The predicted molar refractivity (Wildman–Crippen MR) is 80.3 cm³/mol. The van der Waals surface area contributed by atoms with Gasteiger partial charge in [-0.15, -0.1) is 10.5 Å². The van der Waals surface area contributed by atoms with Gasteiger partial charge < -0.3 is 5.11 Å². The van der Waals surface area contributed by atoms with Gasteiger partial charge in [0.15, 0.2) is 0 Å². The number of hydrogen-bond acceptors (Lipinski definition) is 3. The molecule has 1 aliphatic rings. The van der Waals surface area contributed by atoms with Crippen LogP contribution in [0.2, 0.25) is 0 Å². The van der Waals surface area contributed by atoms with Crippen LogP contribution in [0.5, 0.6) is 0 Å². The van der Waals surface area contributed by atoms with Gasteiger partial charge in [-0.1, -0.05) is 36.4 Å². The fourth-order valence-corrected chi connectivity index (χ4v) is 2.22. The van der Waals surface area contributed by atoms with Crippen molar-refractivity contribution in [2.45, 2.75) is 0 Å². The van der Waals surface area contributed by atoms with E-state index in [1.54, 1.807) is 24.3 Å². The summed E-state index contributed by atoms with van der Waals surface area (Å²) in [5.41, 5.74) is 7.86. The molecule has 0 unspecified atom stereocenters. The average molecular weight is 273 g/mol. The third-order valence-electron chi connectivity index (χ3n) is 3.28. The first-order valence-corrected chi connectivity index (χ1v) is 6.35. The van der Waals surface area contributed by atoms with E-state index in [-0.39, 0.29) is 5.88 Å². The second kappa shape index (κ2) is 5.14. The summed E-state index contributed by atoms with van der Waals surface area (Å²) in [6.45, 7) is 3.98. The minimum absolute atomic E-state index is 0.127. The normalized spacial score (nSPS) is 13.6. The summed E-state index contributed by atoms with van der Waals surface area (Å²) < 4.78 is 0. The van der Waals surface area contributed by atoms with E-state index in [1.165, 1.54) is 0 Å². The summed E-state index contributed by atoms with van der Waals surface area (Å²) in [7, 11) is 0. The van der Waals surface area contributed by atoms with Crippen LogP contribution >= 0.6 is 0 Å². The summed E-state index contributed by atoms with van der Waals surface area (Å²) in [5, 5.41) is 22.9. The van der Waals surface area contributed by atoms with Crippen molar-refractivity contribution in [1.29, 1.82) is 5.26 Å². The molecule has 0 aliphatic carbocycles. The van der Waals surface area contributed by atoms with Crippen molar-refractivity contribution in [3.05, 3.63) is 83.6 Å². The minimum Gasteiger partial charge on any atom is -0.492 e. The number of hydrogen-bond donors (Lipinski definition) is 1. The Morgan fingerprint density at radius 3 is 2.43 bits per heavy atom. The van der Waals surface area contributed by atoms with Crippen LogP contribution in [0.25, 0.3) is 5.57 Å². The van der Waals surface area contributed by atoms with Gasteiger partial charge in [0.05, 0.1) is 17.2 Å². The van der Waals surface area contributed by atoms with E-state index in [2.05, 4.69) is 23.5 Å². The number of nitrogens with zero attached hydrogens (tertiary/aromatic N) is 3. The summed E-state index contributed by atoms with van der Waals surface area (Å²) in [6.07, 6.45) is 0. The van der Waals surface area contributed by atoms with E-state index in [9.17, 15) is 5.11 Å². The largest absolute Gasteiger partial charge is 0.492 e. The molecule has 21 heavy (non-hydrogen) atoms. The van der Waals surface area contributed by atoms with Gasteiger partial charge in [-0.2, -0.15) is 5.26 Å². The Morgan fingerprint density at radius 2 is 1.76 bits per heavy atom. The highest BCUT2D eigenvalue weighted by atomic mass is 16.3. The summed E-state index contributed by atoms with van der Waals surface area (Å²) >= 11 is 0. The van der Waals surface area contributed by atoms with Gasteiger partial charge in [0.2, 0.25) is 5.88 Å². The first-order chi connectivity index (χ1) is 10.2. The lowest BCUT2D eigenvalue weighted by Gasteiger charge is -2.09. The molecule has 1 N–H and O–H groups in total. The first kappa shape index (κ1) is 12.9. The average Bonchev–Trinajstić information content (AvgIpc) is 2.89. The molecule has 0 aromatic heterocycles. The predicted octanol–water partition coefficient (Wildman–Crippen LogP) is 2.99. The highest BCUT2D eigenvalue weighted by molar-refractivity contribution is 6.33. The summed E-state index contributed by atoms with van der Waals surface area (Å²) in [6, 6.07) is 16.5. The molecule has 0 atom stereocenters. The zero-order valence-corrected chi connectivity index (χ0v) is 11.1. The zero-order chi connectivity index (χ0) is 14.8. The number of allylic oxidation sites excluding steroid dienone is 1. The van der Waals surface area contributed by atoms with Crippen molar-refractivity contribution >= 4 is 11.3 Å². The van der Waals surface area contributed by atoms with Gasteiger partial charge in [-0.05, 0) is 30.2 Å². The van der Waals surface area contributed by atoms with E-state index < -0.39 is 0 Å². The topological polar surface area (TPSA) is 70.5 Å². The number of nitriles is 1. The van der Waals surface area contributed by atoms with Gasteiger partial charge in [0.1, 0.15) is 5.71 Å². The van der Waals surface area contributed by atoms with Crippen LogP contribution in [0.1, 0.15) is 22.3 Å². The molecule has 2 radical (unpaired) electrons. The monoisotopic (exact) mass is 273 g/mol. The van der Waals surface area contributed by atoms with Crippen molar-refractivity contribution in [3.8, 4) is 6.07 Å². The SMILES string of the molecule is [CH2]c1ccccc1C1=N[N]C(O)=C1c1ccc(C#N)cc1. The molecule has 4 nitrogen and oxygen atoms in total. The van der Waals surface area contributed by atoms with Crippen molar-refractivity contribution in [1.82, 2.24) is 5.43 Å². The van der Waals surface area contributed by atoms with Gasteiger partial charge in [-0.3, -0.25) is 0 Å². The fraction of sp³-hybridized carbons (Fsp3) is 0. The molecule has 3 rings (SSSR count). The quantitative estimate of drug-likeness (QED) is 0.913. The molecule has 0 amide bonds. The molecule has 0 fully saturated rings. The van der Waals surface area contributed by atoms with E-state index >= 15 is 0 Å². The Hall–Kier alpha value is -3.06. The molecule has 2 aromatic carbocycles. The molecule has 100 valence electrons. The van der Waals surface area contributed by atoms with Gasteiger partial charge in [0, 0.05) is 5.56 Å². The second-order valence-corrected chi connectivity index (χ2v) is 4.59. The smallest absolute Gasteiger partial charge is 0.241 e. The van der Waals surface area contributed by atoms with E-state index in [0.717, 1.165) is 16.7 Å². The Kier molecular flexibility index (Phi) is 3.17. The molecular weight excluding hydrogens is 262 g/mol. The van der Waals surface area contributed by atoms with E-state index in [0.29, 0.717) is 16.8 Å². The molecular formula is C17H11N3O. The number of rotatable bonds is 2. The number of benzene rings is 2. The fourth-order valence-electron chi connectivity index (χ4n) is 2.22. The zero-order valence-electron chi connectivity index (χ0n) is 11.1. The lowest BCUT2D eigenvalue weighted by molar-refractivity contribution is 0.373. The highest BCUT2D eigenvalue weighted by Gasteiger charge is 2.25. The van der Waals surface area contributed by atoms with E-state index in [4.69, 9.17) is 5.26 Å². The molecule has 4 heteroatoms. The summed E-state index contributed by atoms with van der Waals surface area (Å²) in [4.78, 5) is 0. The van der Waals surface area contributed by atoms with Crippen LogP contribution in [-0.4, -0.2) is 10.8 Å². The molecule has 2 aromatic rings. The van der Waals surface area contributed by atoms with Crippen LogP contribution in [0.15, 0.2) is 59.5 Å². The maximum absolute atomic E-state index is 10.0. The van der Waals surface area contributed by atoms with Crippen LogP contribution < -0.4 is 5.43 Å². The maximum Gasteiger partial charge on any atom is 0.241 e. The Labute approximate surface area is 122 Å². The molecule has 1 aliphatic heterocycles. The van der Waals surface area contributed by atoms with Gasteiger partial charge in [0.25, 0.3) is 0 Å². The third-order valence-corrected chi connectivity index (χ3v) is 3.28. The van der Waals surface area contributed by atoms with Crippen molar-refractivity contribution in [3.63, 3.8) is 0 Å². The van der Waals surface area contributed by atoms with Gasteiger partial charge in [-0.25, -0.2) is 0 Å². The molecule has 0 saturated carbocycles. The number of aliphatic hydroxyl groups excluding tert-OH is 1. The van der Waals surface area contributed by atoms with Crippen molar-refractivity contribution < 1.29 is 5.11 Å². The van der Waals surface area contributed by atoms with E-state index in [1.807, 2.05) is 24.3 Å². The van der Waals surface area contributed by atoms with Crippen molar-refractivity contribution in [2.24, 2.45) is 5.10 Å². The maximum atomic E-state index is 10.0. The lowest BCUT2D eigenvalue weighted by Crippen LogP contribution is -2.05. The van der Waals surface area contributed by atoms with Crippen LogP contribution in [0.3, 0.4) is 0 Å².